The smallest absolute Gasteiger partial charge is 0.338 e. The predicted molar refractivity (Wildman–Crippen MR) is 300 cm³/mol. The number of nitrogen functional groups attached to an aromatic ring is 1. The summed E-state index contributed by atoms with van der Waals surface area (Å²) in [6.45, 7) is 1.11. The van der Waals surface area contributed by atoms with Gasteiger partial charge in [-0.1, -0.05) is 71.2 Å². The Morgan fingerprint density at radius 3 is 1.42 bits per heavy atom. The van der Waals surface area contributed by atoms with Crippen molar-refractivity contribution in [2.24, 2.45) is 0 Å². The largest absolute Gasteiger partial charge is 0.493 e. The summed E-state index contributed by atoms with van der Waals surface area (Å²) in [5, 5.41) is 6.02. The Bertz CT molecular complexity index is 3520. The lowest BCUT2D eigenvalue weighted by molar-refractivity contribution is -0.0193. The summed E-state index contributed by atoms with van der Waals surface area (Å²) in [5.74, 6) is 3.15. The second kappa shape index (κ2) is 25.7. The monoisotopic (exact) mass is 1160 g/mol. The molecular formula is C58H53Cl3N6O14. The number of nitrogens with one attached hydrogen (secondary N) is 1. The van der Waals surface area contributed by atoms with E-state index in [0.29, 0.717) is 90.1 Å². The number of rotatable bonds is 14. The van der Waals surface area contributed by atoms with Crippen LogP contribution in [0, 0.1) is 0 Å². The summed E-state index contributed by atoms with van der Waals surface area (Å²) in [5.41, 5.74) is 9.36. The highest BCUT2D eigenvalue weighted by Crippen LogP contribution is 2.39. The number of hydrogen-bond acceptors (Lipinski definition) is 20. The molecule has 0 radical (unpaired) electrons. The number of fused-ring (bicyclic) bond motifs is 4. The summed E-state index contributed by atoms with van der Waals surface area (Å²) >= 11 is 18.7. The Morgan fingerprint density at radius 1 is 0.494 bits per heavy atom. The Morgan fingerprint density at radius 2 is 0.926 bits per heavy atom. The lowest BCUT2D eigenvalue weighted by Crippen LogP contribution is -2.36. The van der Waals surface area contributed by atoms with Crippen molar-refractivity contribution < 1.29 is 66.4 Å². The van der Waals surface area contributed by atoms with Crippen LogP contribution in [0.15, 0.2) is 134 Å². The first-order valence-corrected chi connectivity index (χ1v) is 26.4. The Kier molecular flexibility index (Phi) is 17.8. The van der Waals surface area contributed by atoms with Gasteiger partial charge in [-0.2, -0.15) is 0 Å². The van der Waals surface area contributed by atoms with Gasteiger partial charge in [-0.25, -0.2) is 29.5 Å². The van der Waals surface area contributed by atoms with Crippen LogP contribution in [0.2, 0.25) is 15.2 Å². The Hall–Kier alpha value is -7.95. The van der Waals surface area contributed by atoms with Crippen LogP contribution in [-0.2, 0) is 28.4 Å². The minimum atomic E-state index is -0.519. The molecule has 6 heterocycles. The fourth-order valence-corrected chi connectivity index (χ4v) is 10.1. The summed E-state index contributed by atoms with van der Waals surface area (Å²) in [6, 6.07) is 35.2. The molecule has 23 heteroatoms. The van der Waals surface area contributed by atoms with Gasteiger partial charge in [0.05, 0.1) is 87.1 Å². The van der Waals surface area contributed by atoms with Crippen LogP contribution >= 0.6 is 34.8 Å². The predicted octanol–water partition coefficient (Wildman–Crippen LogP) is 9.81. The molecule has 8 atom stereocenters. The van der Waals surface area contributed by atoms with E-state index in [2.05, 4.69) is 25.3 Å². The molecule has 0 unspecified atom stereocenters. The van der Waals surface area contributed by atoms with Gasteiger partial charge in [0.15, 0.2) is 47.4 Å². The number of methoxy groups -OCH3 is 4. The fraction of sp³-hybridized carbons (Fsp3) is 0.276. The van der Waals surface area contributed by atoms with Crippen molar-refractivity contribution in [3.63, 3.8) is 0 Å². The molecule has 4 fully saturated rings. The third kappa shape index (κ3) is 12.8. The summed E-state index contributed by atoms with van der Waals surface area (Å²) < 4.78 is 67.9. The maximum absolute atomic E-state index is 12.5. The molecule has 0 saturated carbocycles. The number of aromatic nitrogens is 4. The summed E-state index contributed by atoms with van der Waals surface area (Å²) in [7, 11) is 6.30. The van der Waals surface area contributed by atoms with Crippen LogP contribution in [-0.4, -0.2) is 136 Å². The Labute approximate surface area is 479 Å². The maximum atomic E-state index is 12.5. The van der Waals surface area contributed by atoms with Crippen LogP contribution in [0.3, 0.4) is 0 Å². The molecule has 420 valence electrons. The van der Waals surface area contributed by atoms with Crippen molar-refractivity contribution in [1.29, 1.82) is 0 Å². The molecule has 20 nitrogen and oxygen atoms in total. The van der Waals surface area contributed by atoms with Gasteiger partial charge in [0.1, 0.15) is 59.5 Å². The van der Waals surface area contributed by atoms with Crippen molar-refractivity contribution in [2.45, 2.75) is 48.8 Å². The third-order valence-corrected chi connectivity index (χ3v) is 14.3. The van der Waals surface area contributed by atoms with Crippen LogP contribution in [0.25, 0.3) is 21.8 Å². The molecule has 3 N–H and O–H groups in total. The highest BCUT2D eigenvalue weighted by molar-refractivity contribution is 6.34. The lowest BCUT2D eigenvalue weighted by Gasteiger charge is -2.19. The van der Waals surface area contributed by atoms with Crippen LogP contribution in [0.4, 0.5) is 17.2 Å². The normalized spacial score (nSPS) is 21.3. The van der Waals surface area contributed by atoms with Crippen LogP contribution in [0.1, 0.15) is 20.7 Å². The van der Waals surface area contributed by atoms with Gasteiger partial charge in [-0.15, -0.1) is 0 Å². The first-order chi connectivity index (χ1) is 39.4. The van der Waals surface area contributed by atoms with Crippen molar-refractivity contribution in [2.75, 3.05) is 65.9 Å². The van der Waals surface area contributed by atoms with E-state index in [9.17, 15) is 9.59 Å². The number of carbonyl (C=O) groups is 2. The SMILES string of the molecule is COc1cc2ncnc(Cl)c2cc1OC.COc1cc2ncnc(Nc3ccc(O[C@H]4CO[C@H]5[C@@H]4OC[C@@H]5OC(=O)c4ccccc4)c(Cl)c3)c2cc1OC.Nc1ccc(O[C@H]2CO[C@H]3[C@@H]2OC[C@@H]3OC(=O)c2ccccc2)c(Cl)c1. The topological polar surface area (TPSA) is 235 Å². The number of anilines is 3. The lowest BCUT2D eigenvalue weighted by atomic mass is 10.1. The zero-order valence-corrected chi connectivity index (χ0v) is 46.1. The maximum Gasteiger partial charge on any atom is 0.338 e. The van der Waals surface area contributed by atoms with Gasteiger partial charge in [-0.3, -0.25) is 0 Å². The molecule has 4 aliphatic rings. The molecule has 0 spiro atoms. The van der Waals surface area contributed by atoms with Crippen molar-refractivity contribution >= 4 is 85.7 Å². The molecule has 81 heavy (non-hydrogen) atoms. The van der Waals surface area contributed by atoms with E-state index in [-0.39, 0.29) is 44.2 Å². The third-order valence-electron chi connectivity index (χ3n) is 13.4. The number of carbonyl (C=O) groups excluding carboxylic acids is 2. The molecule has 6 aromatic carbocycles. The highest BCUT2D eigenvalue weighted by Gasteiger charge is 2.52. The molecular weight excluding hydrogens is 1110 g/mol. The average molecular weight is 1160 g/mol. The number of nitrogens with two attached hydrogens (primary N) is 1. The first kappa shape index (κ1) is 56.3. The summed E-state index contributed by atoms with van der Waals surface area (Å²) in [4.78, 5) is 41.5. The van der Waals surface area contributed by atoms with E-state index in [1.54, 1.807) is 126 Å². The molecule has 8 aromatic rings. The van der Waals surface area contributed by atoms with E-state index in [4.69, 9.17) is 97.4 Å². The van der Waals surface area contributed by atoms with Crippen molar-refractivity contribution in [3.8, 4) is 34.5 Å². The number of halogens is 3. The van der Waals surface area contributed by atoms with E-state index < -0.39 is 36.4 Å². The zero-order valence-electron chi connectivity index (χ0n) is 43.9. The van der Waals surface area contributed by atoms with Gasteiger partial charge < -0.3 is 67.9 Å². The quantitative estimate of drug-likeness (QED) is 0.0585. The minimum Gasteiger partial charge on any atom is -0.493 e. The molecule has 2 aromatic heterocycles. The van der Waals surface area contributed by atoms with E-state index in [0.717, 1.165) is 16.3 Å². The fourth-order valence-electron chi connectivity index (χ4n) is 9.41. The van der Waals surface area contributed by atoms with Gasteiger partial charge >= 0.3 is 11.9 Å². The highest BCUT2D eigenvalue weighted by atomic mass is 35.5. The molecule has 12 rings (SSSR count). The van der Waals surface area contributed by atoms with E-state index >= 15 is 0 Å². The van der Waals surface area contributed by atoms with Gasteiger partial charge in [0.2, 0.25) is 0 Å². The van der Waals surface area contributed by atoms with E-state index in [1.165, 1.54) is 12.7 Å². The number of ether oxygens (including phenoxy) is 12. The van der Waals surface area contributed by atoms with E-state index in [1.807, 2.05) is 24.3 Å². The Balaban J connectivity index is 0.000000153. The molecule has 0 amide bonds. The van der Waals surface area contributed by atoms with Crippen LogP contribution in [0.5, 0.6) is 34.5 Å². The van der Waals surface area contributed by atoms with Gasteiger partial charge in [0, 0.05) is 34.3 Å². The molecule has 0 bridgehead atoms. The summed E-state index contributed by atoms with van der Waals surface area (Å²) in [6.07, 6.45) is -0.331. The van der Waals surface area contributed by atoms with Gasteiger partial charge in [0.25, 0.3) is 0 Å². The number of benzene rings is 6. The first-order valence-electron chi connectivity index (χ1n) is 25.2. The standard InChI is InChI=1S/C29H26ClN3O7.C19H18ClNO5.C10H9ClN2O2/c1-35-22-11-18-20(12-23(22)36-2)31-15-32-28(18)33-17-8-9-21(19(30)10-17)39-24-13-37-27-25(14-38-26(24)27)40-29(34)16-6-4-3-5-7-16;20-13-8-12(21)6-7-14(13)25-15-9-23-18-16(10-24-17(15)18)26-19(22)11-4-2-1-3-5-11;1-14-8-3-6-7(4-9(8)15-2)12-5-13-10(6)11/h3-12,15,24-27H,13-14H2,1-2H3,(H,31,32,33);1-8,15-18H,9-10,21H2;3-5H,1-2H3/t24-,25-,26+,27+;15-,16-,17+,18+;/m00./s1. The minimum absolute atomic E-state index is 0.230. The van der Waals surface area contributed by atoms with Crippen molar-refractivity contribution in [1.82, 2.24) is 19.9 Å². The molecule has 4 saturated heterocycles. The second-order valence-electron chi connectivity index (χ2n) is 18.4. The molecule has 0 aliphatic carbocycles. The zero-order chi connectivity index (χ0) is 56.6. The second-order valence-corrected chi connectivity index (χ2v) is 19.6. The molecule has 4 aliphatic heterocycles. The number of nitrogens with zero attached hydrogens (tertiary/aromatic N) is 4. The van der Waals surface area contributed by atoms with Crippen LogP contribution < -0.4 is 39.5 Å². The number of hydrogen-bond donors (Lipinski definition) is 2. The van der Waals surface area contributed by atoms with Crippen molar-refractivity contribution in [3.05, 3.63) is 160 Å². The average Bonchev–Trinajstić information content (AvgIpc) is 4.45. The number of esters is 2. The van der Waals surface area contributed by atoms with Gasteiger partial charge in [-0.05, 0) is 72.8 Å².